The molecule has 0 saturated carbocycles. The molecular formula is C19H25N3O5. The number of carboxylic acids is 1. The van der Waals surface area contributed by atoms with Crippen molar-refractivity contribution in [1.82, 2.24) is 10.2 Å². The standard InChI is InChI=1S/C19H25N3O5/c1-2-4-17(24)22-10-3-5-15(22)19(27)21-14-8-6-13(7-9-14)11-16(23)20-12-18(25)26/h6-9,15H,2-5,10-12H2,1H3,(H,20,23)(H,21,27)(H,25,26). The Balaban J connectivity index is 1.90. The first-order valence-corrected chi connectivity index (χ1v) is 9.08. The highest BCUT2D eigenvalue weighted by molar-refractivity contribution is 5.97. The Morgan fingerprint density at radius 3 is 2.52 bits per heavy atom. The second-order valence-electron chi connectivity index (χ2n) is 6.53. The molecule has 8 heteroatoms. The highest BCUT2D eigenvalue weighted by Gasteiger charge is 2.33. The van der Waals surface area contributed by atoms with E-state index in [1.165, 1.54) is 0 Å². The number of nitrogens with zero attached hydrogens (tertiary/aromatic N) is 1. The summed E-state index contributed by atoms with van der Waals surface area (Å²) in [6, 6.07) is 6.33. The molecule has 0 radical (unpaired) electrons. The van der Waals surface area contributed by atoms with Crippen molar-refractivity contribution in [3.8, 4) is 0 Å². The Bertz CT molecular complexity index is 702. The van der Waals surface area contributed by atoms with Gasteiger partial charge in [0.2, 0.25) is 17.7 Å². The minimum Gasteiger partial charge on any atom is -0.480 e. The summed E-state index contributed by atoms with van der Waals surface area (Å²) in [7, 11) is 0. The highest BCUT2D eigenvalue weighted by atomic mass is 16.4. The molecule has 0 aromatic heterocycles. The highest BCUT2D eigenvalue weighted by Crippen LogP contribution is 2.21. The van der Waals surface area contributed by atoms with E-state index in [2.05, 4.69) is 10.6 Å². The molecule has 146 valence electrons. The second-order valence-corrected chi connectivity index (χ2v) is 6.53. The summed E-state index contributed by atoms with van der Waals surface area (Å²) >= 11 is 0. The molecule has 1 heterocycles. The number of carbonyl (C=O) groups is 4. The number of aliphatic carboxylic acids is 1. The number of carbonyl (C=O) groups excluding carboxylic acids is 3. The second kappa shape index (κ2) is 9.70. The van der Waals surface area contributed by atoms with Crippen LogP contribution in [0.15, 0.2) is 24.3 Å². The summed E-state index contributed by atoms with van der Waals surface area (Å²) in [4.78, 5) is 48.4. The number of benzene rings is 1. The Morgan fingerprint density at radius 1 is 1.19 bits per heavy atom. The maximum absolute atomic E-state index is 12.5. The van der Waals surface area contributed by atoms with Gasteiger partial charge in [-0.25, -0.2) is 0 Å². The number of nitrogens with one attached hydrogen (secondary N) is 2. The van der Waals surface area contributed by atoms with Crippen LogP contribution >= 0.6 is 0 Å². The van der Waals surface area contributed by atoms with Gasteiger partial charge in [0, 0.05) is 18.7 Å². The van der Waals surface area contributed by atoms with Gasteiger partial charge >= 0.3 is 5.97 Å². The molecule has 1 aliphatic rings. The van der Waals surface area contributed by atoms with Crippen molar-refractivity contribution < 1.29 is 24.3 Å². The Kier molecular flexibility index (Phi) is 7.34. The van der Waals surface area contributed by atoms with Gasteiger partial charge < -0.3 is 20.6 Å². The molecule has 27 heavy (non-hydrogen) atoms. The van der Waals surface area contributed by atoms with Crippen molar-refractivity contribution in [2.45, 2.75) is 45.1 Å². The van der Waals surface area contributed by atoms with E-state index in [1.54, 1.807) is 29.2 Å². The van der Waals surface area contributed by atoms with Gasteiger partial charge in [-0.05, 0) is 37.0 Å². The van der Waals surface area contributed by atoms with E-state index in [1.807, 2.05) is 6.92 Å². The van der Waals surface area contributed by atoms with Crippen LogP contribution in [-0.4, -0.2) is 52.8 Å². The molecule has 2 rings (SSSR count). The number of hydrogen-bond acceptors (Lipinski definition) is 4. The molecule has 1 fully saturated rings. The minimum absolute atomic E-state index is 0.0119. The van der Waals surface area contributed by atoms with Gasteiger partial charge in [0.25, 0.3) is 0 Å². The first-order chi connectivity index (χ1) is 12.9. The minimum atomic E-state index is -1.10. The third kappa shape index (κ3) is 6.09. The van der Waals surface area contributed by atoms with Crippen molar-refractivity contribution in [3.05, 3.63) is 29.8 Å². The predicted octanol–water partition coefficient (Wildman–Crippen LogP) is 1.16. The van der Waals surface area contributed by atoms with E-state index < -0.39 is 18.6 Å². The lowest BCUT2D eigenvalue weighted by molar-refractivity contribution is -0.137. The zero-order valence-electron chi connectivity index (χ0n) is 15.4. The van der Waals surface area contributed by atoms with Crippen LogP contribution in [0.3, 0.4) is 0 Å². The molecule has 1 aromatic rings. The molecule has 0 aliphatic carbocycles. The van der Waals surface area contributed by atoms with Gasteiger partial charge in [-0.2, -0.15) is 0 Å². The van der Waals surface area contributed by atoms with Crippen LogP contribution in [0.25, 0.3) is 0 Å². The Hall–Kier alpha value is -2.90. The van der Waals surface area contributed by atoms with Crippen LogP contribution in [0.2, 0.25) is 0 Å². The maximum atomic E-state index is 12.5. The first kappa shape index (κ1) is 20.4. The fraction of sp³-hybridized carbons (Fsp3) is 0.474. The molecule has 0 spiro atoms. The quantitative estimate of drug-likeness (QED) is 0.631. The Labute approximate surface area is 157 Å². The Morgan fingerprint density at radius 2 is 1.89 bits per heavy atom. The summed E-state index contributed by atoms with van der Waals surface area (Å²) < 4.78 is 0. The number of carboxylic acid groups (broad SMARTS) is 1. The van der Waals surface area contributed by atoms with Gasteiger partial charge in [0.1, 0.15) is 12.6 Å². The van der Waals surface area contributed by atoms with Crippen molar-refractivity contribution in [2.24, 2.45) is 0 Å². The molecule has 1 atom stereocenters. The van der Waals surface area contributed by atoms with Gasteiger partial charge in [-0.15, -0.1) is 0 Å². The molecule has 1 saturated heterocycles. The van der Waals surface area contributed by atoms with E-state index in [-0.39, 0.29) is 24.1 Å². The number of rotatable bonds is 8. The van der Waals surface area contributed by atoms with Gasteiger partial charge in [-0.3, -0.25) is 19.2 Å². The van der Waals surface area contributed by atoms with E-state index in [9.17, 15) is 19.2 Å². The molecule has 1 aliphatic heterocycles. The van der Waals surface area contributed by atoms with Crippen molar-refractivity contribution in [3.63, 3.8) is 0 Å². The fourth-order valence-corrected chi connectivity index (χ4v) is 3.05. The van der Waals surface area contributed by atoms with Crippen LogP contribution in [0.5, 0.6) is 0 Å². The summed E-state index contributed by atoms with van der Waals surface area (Å²) in [6.07, 6.45) is 2.73. The van der Waals surface area contributed by atoms with Crippen LogP contribution in [0.4, 0.5) is 5.69 Å². The normalized spacial score (nSPS) is 16.0. The monoisotopic (exact) mass is 375 g/mol. The molecule has 0 bridgehead atoms. The van der Waals surface area contributed by atoms with E-state index in [4.69, 9.17) is 5.11 Å². The summed E-state index contributed by atoms with van der Waals surface area (Å²) in [5, 5.41) is 13.7. The third-order valence-electron chi connectivity index (χ3n) is 4.36. The van der Waals surface area contributed by atoms with E-state index >= 15 is 0 Å². The average molecular weight is 375 g/mol. The van der Waals surface area contributed by atoms with E-state index in [0.29, 0.717) is 30.6 Å². The van der Waals surface area contributed by atoms with Crippen molar-refractivity contribution >= 4 is 29.4 Å². The molecule has 1 unspecified atom stereocenters. The molecule has 3 amide bonds. The van der Waals surface area contributed by atoms with Gasteiger partial charge in [-0.1, -0.05) is 19.1 Å². The molecule has 8 nitrogen and oxygen atoms in total. The van der Waals surface area contributed by atoms with Crippen LogP contribution in [0, 0.1) is 0 Å². The number of hydrogen-bond donors (Lipinski definition) is 3. The van der Waals surface area contributed by atoms with Gasteiger partial charge in [0.05, 0.1) is 6.42 Å². The van der Waals surface area contributed by atoms with Crippen molar-refractivity contribution in [1.29, 1.82) is 0 Å². The molecular weight excluding hydrogens is 350 g/mol. The number of anilines is 1. The molecule has 3 N–H and O–H groups in total. The summed E-state index contributed by atoms with van der Waals surface area (Å²) in [5.74, 6) is -1.67. The summed E-state index contributed by atoms with van der Waals surface area (Å²) in [6.45, 7) is 2.13. The number of amides is 3. The van der Waals surface area contributed by atoms with Crippen LogP contribution in [0.1, 0.15) is 38.2 Å². The van der Waals surface area contributed by atoms with E-state index in [0.717, 1.165) is 12.8 Å². The average Bonchev–Trinajstić information content (AvgIpc) is 3.12. The fourth-order valence-electron chi connectivity index (χ4n) is 3.05. The zero-order chi connectivity index (χ0) is 19.8. The maximum Gasteiger partial charge on any atom is 0.322 e. The lowest BCUT2D eigenvalue weighted by Gasteiger charge is -2.24. The first-order valence-electron chi connectivity index (χ1n) is 9.08. The lowest BCUT2D eigenvalue weighted by atomic mass is 10.1. The predicted molar refractivity (Wildman–Crippen MR) is 99.1 cm³/mol. The van der Waals surface area contributed by atoms with Crippen molar-refractivity contribution in [2.75, 3.05) is 18.4 Å². The topological polar surface area (TPSA) is 116 Å². The number of likely N-dealkylation sites (tertiary alicyclic amines) is 1. The van der Waals surface area contributed by atoms with Gasteiger partial charge in [0.15, 0.2) is 0 Å². The van der Waals surface area contributed by atoms with Crippen LogP contribution < -0.4 is 10.6 Å². The van der Waals surface area contributed by atoms with Crippen LogP contribution in [-0.2, 0) is 25.6 Å². The SMILES string of the molecule is CCCC(=O)N1CCCC1C(=O)Nc1ccc(CC(=O)NCC(=O)O)cc1. The smallest absolute Gasteiger partial charge is 0.322 e. The third-order valence-corrected chi connectivity index (χ3v) is 4.36. The lowest BCUT2D eigenvalue weighted by Crippen LogP contribution is -2.43. The summed E-state index contributed by atoms with van der Waals surface area (Å²) in [5.41, 5.74) is 1.29. The largest absolute Gasteiger partial charge is 0.480 e. The zero-order valence-corrected chi connectivity index (χ0v) is 15.4. The molecule has 1 aromatic carbocycles.